The van der Waals surface area contributed by atoms with E-state index in [-0.39, 0.29) is 17.8 Å². The summed E-state index contributed by atoms with van der Waals surface area (Å²) in [6.45, 7) is 3.96. The van der Waals surface area contributed by atoms with E-state index < -0.39 is 24.2 Å². The summed E-state index contributed by atoms with van der Waals surface area (Å²) in [7, 11) is 0. The molecule has 25 heavy (non-hydrogen) atoms. The highest BCUT2D eigenvalue weighted by molar-refractivity contribution is 5.89. The zero-order valence-corrected chi connectivity index (χ0v) is 14.0. The van der Waals surface area contributed by atoms with Crippen LogP contribution in [0.1, 0.15) is 47.5 Å². The molecular formula is C17H20N4O4. The Hall–Kier alpha value is -2.74. The Morgan fingerprint density at radius 3 is 2.64 bits per heavy atom. The minimum Gasteiger partial charge on any atom is -0.453 e. The number of primary amides is 1. The lowest BCUT2D eigenvalue weighted by atomic mass is 9.98. The quantitative estimate of drug-likeness (QED) is 0.824. The lowest BCUT2D eigenvalue weighted by Crippen LogP contribution is -2.31. The third-order valence-corrected chi connectivity index (χ3v) is 4.34. The van der Waals surface area contributed by atoms with Crippen LogP contribution in [-0.2, 0) is 9.47 Å². The summed E-state index contributed by atoms with van der Waals surface area (Å²) in [6.07, 6.45) is 0.806. The van der Waals surface area contributed by atoms with Gasteiger partial charge >= 0.3 is 5.97 Å². The predicted molar refractivity (Wildman–Crippen MR) is 87.6 cm³/mol. The number of amides is 1. The van der Waals surface area contributed by atoms with Gasteiger partial charge in [-0.05, 0) is 18.6 Å². The summed E-state index contributed by atoms with van der Waals surface area (Å²) in [5, 5.41) is 4.04. The van der Waals surface area contributed by atoms with Gasteiger partial charge in [-0.2, -0.15) is 0 Å². The second kappa shape index (κ2) is 7.02. The van der Waals surface area contributed by atoms with E-state index in [1.807, 2.05) is 19.9 Å². The largest absolute Gasteiger partial charge is 0.453 e. The van der Waals surface area contributed by atoms with Gasteiger partial charge in [0.25, 0.3) is 5.91 Å². The van der Waals surface area contributed by atoms with Gasteiger partial charge < -0.3 is 15.2 Å². The number of carbonyl (C=O) groups excluding carboxylic acids is 2. The number of carbonyl (C=O) groups is 2. The highest BCUT2D eigenvalue weighted by Gasteiger charge is 2.45. The molecule has 0 saturated carbocycles. The van der Waals surface area contributed by atoms with Gasteiger partial charge in [-0.1, -0.05) is 32.0 Å². The summed E-state index contributed by atoms with van der Waals surface area (Å²) in [6, 6.07) is 8.75. The molecular weight excluding hydrogens is 324 g/mol. The van der Waals surface area contributed by atoms with Crippen LogP contribution >= 0.6 is 0 Å². The van der Waals surface area contributed by atoms with Gasteiger partial charge in [0.05, 0.1) is 11.7 Å². The van der Waals surface area contributed by atoms with E-state index in [0.717, 1.165) is 6.42 Å². The van der Waals surface area contributed by atoms with Crippen LogP contribution in [0.4, 0.5) is 0 Å². The minimum atomic E-state index is -0.727. The summed E-state index contributed by atoms with van der Waals surface area (Å²) in [5.74, 6) is -1.30. The molecule has 2 N–H and O–H groups in total. The Labute approximate surface area is 144 Å². The fourth-order valence-electron chi connectivity index (χ4n) is 2.97. The molecule has 3 rings (SSSR count). The summed E-state index contributed by atoms with van der Waals surface area (Å²) >= 11 is 0. The van der Waals surface area contributed by atoms with Crippen molar-refractivity contribution in [2.75, 3.05) is 0 Å². The molecule has 0 aliphatic carbocycles. The van der Waals surface area contributed by atoms with Gasteiger partial charge in [0.2, 0.25) is 5.82 Å². The maximum absolute atomic E-state index is 12.4. The zero-order chi connectivity index (χ0) is 18.0. The smallest absolute Gasteiger partial charge is 0.338 e. The first-order chi connectivity index (χ1) is 12.0. The molecule has 0 bridgehead atoms. The Morgan fingerprint density at radius 2 is 2.04 bits per heavy atom. The highest BCUT2D eigenvalue weighted by atomic mass is 16.6. The number of nitrogens with two attached hydrogens (primary N) is 1. The first-order valence-electron chi connectivity index (χ1n) is 8.13. The number of rotatable bonds is 5. The molecule has 1 aromatic heterocycles. The molecule has 0 radical (unpaired) electrons. The van der Waals surface area contributed by atoms with E-state index >= 15 is 0 Å². The van der Waals surface area contributed by atoms with E-state index in [1.165, 1.54) is 11.0 Å². The van der Waals surface area contributed by atoms with E-state index in [2.05, 4.69) is 10.1 Å². The van der Waals surface area contributed by atoms with E-state index in [4.69, 9.17) is 15.2 Å². The van der Waals surface area contributed by atoms with Crippen LogP contribution < -0.4 is 5.73 Å². The number of nitrogens with zero attached hydrogens (tertiary/aromatic N) is 3. The Kier molecular flexibility index (Phi) is 4.80. The van der Waals surface area contributed by atoms with Crippen molar-refractivity contribution in [3.05, 3.63) is 48.0 Å². The van der Waals surface area contributed by atoms with Crippen LogP contribution in [0.2, 0.25) is 0 Å². The monoisotopic (exact) mass is 344 g/mol. The number of hydrogen-bond acceptors (Lipinski definition) is 6. The number of ether oxygens (including phenoxy) is 2. The normalized spacial score (nSPS) is 25.7. The predicted octanol–water partition coefficient (Wildman–Crippen LogP) is 1.55. The third kappa shape index (κ3) is 3.39. The highest BCUT2D eigenvalue weighted by Crippen LogP contribution is 2.37. The molecule has 2 aromatic rings. The number of esters is 1. The fourth-order valence-corrected chi connectivity index (χ4v) is 2.97. The average Bonchev–Trinajstić information content (AvgIpc) is 3.21. The average molecular weight is 344 g/mol. The summed E-state index contributed by atoms with van der Waals surface area (Å²) < 4.78 is 13.1. The van der Waals surface area contributed by atoms with Crippen LogP contribution in [0.25, 0.3) is 0 Å². The van der Waals surface area contributed by atoms with Crippen molar-refractivity contribution < 1.29 is 19.1 Å². The molecule has 1 aromatic carbocycles. The van der Waals surface area contributed by atoms with Crippen LogP contribution in [-0.4, -0.2) is 38.8 Å². The number of benzene rings is 1. The van der Waals surface area contributed by atoms with Crippen LogP contribution in [0.15, 0.2) is 36.7 Å². The van der Waals surface area contributed by atoms with Gasteiger partial charge in [0.1, 0.15) is 6.33 Å². The third-order valence-electron chi connectivity index (χ3n) is 4.34. The van der Waals surface area contributed by atoms with Crippen molar-refractivity contribution in [2.24, 2.45) is 11.7 Å². The first kappa shape index (κ1) is 17.1. The fraction of sp³-hybridized carbons (Fsp3) is 0.412. The number of aromatic nitrogens is 3. The van der Waals surface area contributed by atoms with Crippen LogP contribution in [0, 0.1) is 5.92 Å². The molecule has 0 unspecified atom stereocenters. The molecule has 0 spiro atoms. The van der Waals surface area contributed by atoms with Crippen molar-refractivity contribution in [2.45, 2.75) is 38.7 Å². The minimum absolute atomic E-state index is 0.0381. The van der Waals surface area contributed by atoms with Crippen molar-refractivity contribution in [1.29, 1.82) is 0 Å². The van der Waals surface area contributed by atoms with Gasteiger partial charge in [0.15, 0.2) is 12.3 Å². The van der Waals surface area contributed by atoms with Gasteiger partial charge in [-0.25, -0.2) is 14.5 Å². The maximum atomic E-state index is 12.4. The topological polar surface area (TPSA) is 109 Å². The lowest BCUT2D eigenvalue weighted by Gasteiger charge is -2.21. The van der Waals surface area contributed by atoms with Gasteiger partial charge in [-0.3, -0.25) is 4.79 Å². The second-order valence-electron chi connectivity index (χ2n) is 5.98. The molecule has 132 valence electrons. The number of hydrogen-bond donors (Lipinski definition) is 1. The van der Waals surface area contributed by atoms with Crippen LogP contribution in [0.5, 0.6) is 0 Å². The van der Waals surface area contributed by atoms with Gasteiger partial charge in [0, 0.05) is 5.92 Å². The molecule has 1 aliphatic heterocycles. The summed E-state index contributed by atoms with van der Waals surface area (Å²) in [4.78, 5) is 27.5. The molecule has 8 heteroatoms. The van der Waals surface area contributed by atoms with E-state index in [0.29, 0.717) is 5.56 Å². The molecule has 8 nitrogen and oxygen atoms in total. The maximum Gasteiger partial charge on any atom is 0.338 e. The Bertz CT molecular complexity index is 761. The molecule has 1 amide bonds. The Balaban J connectivity index is 1.84. The molecule has 1 aliphatic rings. The SMILES string of the molecule is CC[C@H]1O[C@@H](n2cnc(C(N)=O)n2)[C@H](OC(=O)c2ccccc2)[C@@H]1C. The van der Waals surface area contributed by atoms with E-state index in [1.54, 1.807) is 24.3 Å². The van der Waals surface area contributed by atoms with Crippen molar-refractivity contribution in [1.82, 2.24) is 14.8 Å². The first-order valence-corrected chi connectivity index (χ1v) is 8.13. The van der Waals surface area contributed by atoms with Gasteiger partial charge in [-0.15, -0.1) is 5.10 Å². The van der Waals surface area contributed by atoms with E-state index in [9.17, 15) is 9.59 Å². The van der Waals surface area contributed by atoms with Crippen LogP contribution in [0.3, 0.4) is 0 Å². The van der Waals surface area contributed by atoms with Crippen molar-refractivity contribution >= 4 is 11.9 Å². The molecule has 2 heterocycles. The molecule has 1 saturated heterocycles. The van der Waals surface area contributed by atoms with Crippen molar-refractivity contribution in [3.8, 4) is 0 Å². The lowest BCUT2D eigenvalue weighted by molar-refractivity contribution is -0.0550. The summed E-state index contributed by atoms with van der Waals surface area (Å²) in [5.41, 5.74) is 5.66. The second-order valence-corrected chi connectivity index (χ2v) is 5.98. The molecule has 4 atom stereocenters. The standard InChI is InChI=1S/C17H20N4O4/c1-3-12-10(2)13(25-17(23)11-7-5-4-6-8-11)16(24-12)21-9-19-15(20-21)14(18)22/h4-10,12-13,16H,3H2,1-2H3,(H2,18,22)/t10-,12-,13-,16-/m1/s1. The van der Waals surface area contributed by atoms with Crippen molar-refractivity contribution in [3.63, 3.8) is 0 Å². The Morgan fingerprint density at radius 1 is 1.32 bits per heavy atom. The zero-order valence-electron chi connectivity index (χ0n) is 14.0. The molecule has 1 fully saturated rings.